The molecule has 0 amide bonds. The molecular formula is C49H56N3O12S4+. The van der Waals surface area contributed by atoms with Gasteiger partial charge in [-0.05, 0) is 124 Å². The highest BCUT2D eigenvalue weighted by atomic mass is 32.2. The van der Waals surface area contributed by atoms with E-state index >= 15 is 0 Å². The number of nitrogens with zero attached hydrogens (tertiary/aromatic N) is 3. The molecule has 0 atom stereocenters. The van der Waals surface area contributed by atoms with E-state index in [4.69, 9.17) is 9.59 Å². The van der Waals surface area contributed by atoms with Crippen molar-refractivity contribution in [1.82, 2.24) is 0 Å². The summed E-state index contributed by atoms with van der Waals surface area (Å²) >= 11 is 0.836. The fourth-order valence-corrected chi connectivity index (χ4v) is 11.2. The molecule has 0 spiro atoms. The van der Waals surface area contributed by atoms with Crippen molar-refractivity contribution >= 4 is 70.9 Å². The van der Waals surface area contributed by atoms with E-state index in [0.29, 0.717) is 29.0 Å². The van der Waals surface area contributed by atoms with Gasteiger partial charge in [-0.1, -0.05) is 66.4 Å². The van der Waals surface area contributed by atoms with Crippen LogP contribution in [0.5, 0.6) is 0 Å². The first kappa shape index (κ1) is 50.9. The summed E-state index contributed by atoms with van der Waals surface area (Å²) in [4.78, 5) is 4.55. The summed E-state index contributed by atoms with van der Waals surface area (Å²) < 4.78 is 108. The Hall–Kier alpha value is -4.93. The molecule has 0 aromatic heterocycles. The number of fused-ring (bicyclic) bond motifs is 2. The molecule has 7 rings (SSSR count). The predicted molar refractivity (Wildman–Crippen MR) is 265 cm³/mol. The minimum absolute atomic E-state index is 0.0773. The lowest BCUT2D eigenvalue weighted by Crippen LogP contribution is -2.28. The van der Waals surface area contributed by atoms with Crippen molar-refractivity contribution in [3.63, 3.8) is 0 Å². The topological polar surface area (TPSA) is 211 Å². The predicted octanol–water partition coefficient (Wildman–Crippen LogP) is 9.96. The van der Waals surface area contributed by atoms with Crippen molar-refractivity contribution in [1.29, 1.82) is 0 Å². The molecule has 3 aliphatic rings. The van der Waals surface area contributed by atoms with Crippen LogP contribution in [0.2, 0.25) is 0 Å². The molecule has 0 saturated heterocycles. The molecule has 68 heavy (non-hydrogen) atoms. The molecule has 1 aliphatic carbocycles. The van der Waals surface area contributed by atoms with E-state index in [9.17, 15) is 38.9 Å². The first-order valence-corrected chi connectivity index (χ1v) is 27.3. The molecule has 2 heterocycles. The highest BCUT2D eigenvalue weighted by Crippen LogP contribution is 2.50. The smallest absolute Gasteiger partial charge is 0.294 e. The van der Waals surface area contributed by atoms with Crippen LogP contribution in [0.15, 0.2) is 142 Å². The lowest BCUT2D eigenvalue weighted by Gasteiger charge is -2.29. The average Bonchev–Trinajstić information content (AvgIpc) is 3.82. The standard InChI is InChI=1S/C49H55N3O12S4/c1-33-9-17-37(18-10-33)52(38-19-11-34(2)12-20-38)47-35(15-25-45-48(3,4)41-31-39(65-64-63-53)21-23-43(41)50(45)27-7-29-66(54,55)56)13-14-36(47)16-26-46-49(5,6)42-32-40(68(60,61)62)22-24-44(42)51(46)28-8-30-67(57,58)59/h9-12,15-26,31-32H,7-8,13-14,27-30H2,1-6H3,(H3-,53,54,55,56,57,58,59,60,61,62)/p+1. The van der Waals surface area contributed by atoms with E-state index in [1.54, 1.807) is 12.1 Å². The molecule has 4 aromatic rings. The highest BCUT2D eigenvalue weighted by Gasteiger charge is 2.45. The molecule has 19 heteroatoms. The maximum absolute atomic E-state index is 12.3. The molecule has 362 valence electrons. The Morgan fingerprint density at radius 3 is 1.94 bits per heavy atom. The molecule has 0 bridgehead atoms. The van der Waals surface area contributed by atoms with Gasteiger partial charge in [0.05, 0.1) is 39.6 Å². The van der Waals surface area contributed by atoms with E-state index in [1.807, 2.05) is 50.8 Å². The van der Waals surface area contributed by atoms with E-state index in [1.165, 1.54) is 12.1 Å². The normalized spacial score (nSPS) is 18.1. The summed E-state index contributed by atoms with van der Waals surface area (Å²) in [5.41, 5.74) is 10.1. The molecule has 0 unspecified atom stereocenters. The van der Waals surface area contributed by atoms with Gasteiger partial charge in [0.15, 0.2) is 5.71 Å². The van der Waals surface area contributed by atoms with Crippen LogP contribution in [0.1, 0.15) is 75.6 Å². The van der Waals surface area contributed by atoms with Crippen LogP contribution in [0.4, 0.5) is 22.7 Å². The summed E-state index contributed by atoms with van der Waals surface area (Å²) in [5.74, 6) is -0.901. The second-order valence-electron chi connectivity index (χ2n) is 18.2. The Morgan fingerprint density at radius 1 is 0.735 bits per heavy atom. The quantitative estimate of drug-likeness (QED) is 0.0240. The molecule has 0 saturated carbocycles. The van der Waals surface area contributed by atoms with Gasteiger partial charge >= 0.3 is 0 Å². The Bertz CT molecular complexity index is 3060. The van der Waals surface area contributed by atoms with Gasteiger partial charge in [0, 0.05) is 63.7 Å². The molecule has 0 fully saturated rings. The maximum Gasteiger partial charge on any atom is 0.294 e. The van der Waals surface area contributed by atoms with Crippen molar-refractivity contribution in [2.24, 2.45) is 0 Å². The highest BCUT2D eigenvalue weighted by molar-refractivity contribution is 7.94. The number of aryl methyl sites for hydroxylation is 2. The summed E-state index contributed by atoms with van der Waals surface area (Å²) in [5, 5.41) is 12.7. The largest absolute Gasteiger partial charge is 0.344 e. The third-order valence-electron chi connectivity index (χ3n) is 12.7. The zero-order chi connectivity index (χ0) is 49.4. The third-order valence-corrected chi connectivity index (χ3v) is 15.8. The lowest BCUT2D eigenvalue weighted by atomic mass is 9.81. The van der Waals surface area contributed by atoms with Gasteiger partial charge < -0.3 is 9.80 Å². The average molecular weight is 1010 g/mol. The van der Waals surface area contributed by atoms with Crippen LogP contribution in [0.25, 0.3) is 0 Å². The summed E-state index contributed by atoms with van der Waals surface area (Å²) in [6.07, 6.45) is 9.66. The van der Waals surface area contributed by atoms with Crippen molar-refractivity contribution in [3.8, 4) is 0 Å². The van der Waals surface area contributed by atoms with Gasteiger partial charge in [0.1, 0.15) is 6.54 Å². The second kappa shape index (κ2) is 19.8. The monoisotopic (exact) mass is 1010 g/mol. The van der Waals surface area contributed by atoms with Crippen LogP contribution < -0.4 is 9.80 Å². The Morgan fingerprint density at radius 2 is 1.35 bits per heavy atom. The second-order valence-corrected chi connectivity index (χ2v) is 23.6. The van der Waals surface area contributed by atoms with Crippen molar-refractivity contribution in [3.05, 3.63) is 154 Å². The number of anilines is 3. The zero-order valence-corrected chi connectivity index (χ0v) is 41.8. The molecule has 15 nitrogen and oxygen atoms in total. The molecule has 2 aliphatic heterocycles. The number of benzene rings is 4. The number of hydrogen-bond donors (Lipinski definition) is 4. The zero-order valence-electron chi connectivity index (χ0n) is 38.6. The van der Waals surface area contributed by atoms with Crippen molar-refractivity contribution < 1.29 is 58.1 Å². The molecule has 0 radical (unpaired) electrons. The van der Waals surface area contributed by atoms with Gasteiger partial charge in [0.2, 0.25) is 5.69 Å². The molecular weight excluding hydrogens is 951 g/mol. The van der Waals surface area contributed by atoms with E-state index in [2.05, 4.69) is 95.1 Å². The van der Waals surface area contributed by atoms with Gasteiger partial charge in [-0.2, -0.15) is 29.8 Å². The van der Waals surface area contributed by atoms with Crippen molar-refractivity contribution in [2.45, 2.75) is 87.8 Å². The van der Waals surface area contributed by atoms with Crippen LogP contribution in [-0.2, 0) is 50.6 Å². The van der Waals surface area contributed by atoms with Crippen LogP contribution in [-0.4, -0.2) is 79.1 Å². The van der Waals surface area contributed by atoms with Gasteiger partial charge in [0.25, 0.3) is 30.4 Å². The lowest BCUT2D eigenvalue weighted by molar-refractivity contribution is -0.437. The first-order valence-electron chi connectivity index (χ1n) is 21.9. The van der Waals surface area contributed by atoms with Crippen molar-refractivity contribution in [2.75, 3.05) is 34.4 Å². The maximum atomic E-state index is 12.3. The fraction of sp³-hybridized carbons (Fsp3) is 0.327. The van der Waals surface area contributed by atoms with E-state index in [-0.39, 0.29) is 30.8 Å². The van der Waals surface area contributed by atoms with Crippen LogP contribution >= 0.6 is 12.0 Å². The summed E-state index contributed by atoms with van der Waals surface area (Å²) in [7, 11) is -13.0. The van der Waals surface area contributed by atoms with Gasteiger partial charge in [-0.15, -0.1) is 4.33 Å². The molecule has 4 N–H and O–H groups in total. The minimum atomic E-state index is -4.54. The van der Waals surface area contributed by atoms with E-state index in [0.717, 1.165) is 74.0 Å². The summed E-state index contributed by atoms with van der Waals surface area (Å²) in [6, 6.07) is 26.5. The van der Waals surface area contributed by atoms with E-state index < -0.39 is 52.7 Å². The Kier molecular flexibility index (Phi) is 14.8. The Labute approximate surface area is 403 Å². The fourth-order valence-electron chi connectivity index (χ4n) is 9.35. The number of allylic oxidation sites excluding steroid dienone is 7. The van der Waals surface area contributed by atoms with Crippen LogP contribution in [0, 0.1) is 13.8 Å². The van der Waals surface area contributed by atoms with Gasteiger partial charge in [-0.25, -0.2) is 5.26 Å². The number of rotatable bonds is 18. The summed E-state index contributed by atoms with van der Waals surface area (Å²) in [6.45, 7) is 12.5. The molecule has 4 aromatic carbocycles. The van der Waals surface area contributed by atoms with Crippen LogP contribution in [0.3, 0.4) is 0 Å². The SMILES string of the molecule is Cc1ccc(N(C2=C(C=CC3=[N+](CCCS(=O)(=O)O)c4ccc(SOOO)cc4C3(C)C)CCC2=CC=C2N(CCCS(=O)(=O)O)c3ccc(S(=O)(=O)O)cc3C2(C)C)c2ccc(C)cc2)cc1. The Balaban J connectivity index is 1.42. The van der Waals surface area contributed by atoms with Gasteiger partial charge in [-0.3, -0.25) is 13.7 Å². The minimum Gasteiger partial charge on any atom is -0.344 e. The third kappa shape index (κ3) is 11.2. The first-order chi connectivity index (χ1) is 31.9. The number of hydrogen-bond acceptors (Lipinski definition) is 12.